The van der Waals surface area contributed by atoms with Gasteiger partial charge in [-0.3, -0.25) is 14.9 Å². The van der Waals surface area contributed by atoms with Crippen LogP contribution < -0.4 is 5.32 Å². The Kier molecular flexibility index (Phi) is 10.5. The lowest BCUT2D eigenvalue weighted by Crippen LogP contribution is -2.46. The molecule has 2 aromatic heterocycles. The summed E-state index contributed by atoms with van der Waals surface area (Å²) in [5.41, 5.74) is -1.67. The van der Waals surface area contributed by atoms with E-state index in [1.165, 1.54) is 17.3 Å². The van der Waals surface area contributed by atoms with Crippen molar-refractivity contribution < 1.29 is 37.8 Å². The van der Waals surface area contributed by atoms with E-state index in [1.807, 2.05) is 26.6 Å². The molecular weight excluding hydrogens is 610 g/mol. The average Bonchev–Trinajstić information content (AvgIpc) is 3.51. The quantitative estimate of drug-likeness (QED) is 0.189. The maximum atomic E-state index is 12.9. The van der Waals surface area contributed by atoms with E-state index in [4.69, 9.17) is 23.4 Å². The molecule has 46 heavy (non-hydrogen) atoms. The van der Waals surface area contributed by atoms with Gasteiger partial charge in [-0.2, -0.15) is 10.4 Å². The van der Waals surface area contributed by atoms with Crippen LogP contribution in [-0.2, 0) is 38.6 Å². The molecular formula is C32H47N5O8Si. The molecule has 1 amide bonds. The van der Waals surface area contributed by atoms with E-state index < -0.39 is 50.4 Å². The van der Waals surface area contributed by atoms with Gasteiger partial charge in [0, 0.05) is 5.92 Å². The van der Waals surface area contributed by atoms with Crippen molar-refractivity contribution in [1.82, 2.24) is 14.6 Å². The Hall–Kier alpha value is -3.54. The number of carbonyl (C=O) groups is 3. The monoisotopic (exact) mass is 657 g/mol. The summed E-state index contributed by atoms with van der Waals surface area (Å²) in [4.78, 5) is 41.6. The van der Waals surface area contributed by atoms with Gasteiger partial charge < -0.3 is 23.4 Å². The molecule has 0 bridgehead atoms. The molecule has 3 heterocycles. The number of ether oxygens (including phenoxy) is 4. The minimum Gasteiger partial charge on any atom is -0.463 e. The maximum Gasteiger partial charge on any atom is 0.415 e. The molecule has 0 spiro atoms. The van der Waals surface area contributed by atoms with Gasteiger partial charge in [0.2, 0.25) is 12.4 Å². The van der Waals surface area contributed by atoms with Crippen LogP contribution in [0.5, 0.6) is 0 Å². The number of nitrogens with one attached hydrogen (secondary N) is 1. The fraction of sp³-hybridized carbons (Fsp3) is 0.688. The summed E-state index contributed by atoms with van der Waals surface area (Å²) in [7, 11) is -2.22. The summed E-state index contributed by atoms with van der Waals surface area (Å²) in [5.74, 6) is -0.985. The fourth-order valence-corrected chi connectivity index (χ4v) is 7.18. The van der Waals surface area contributed by atoms with Crippen molar-refractivity contribution in [3.8, 4) is 6.07 Å². The fourth-order valence-electron chi connectivity index (χ4n) is 6.04. The number of aromatic nitrogens is 3. The van der Waals surface area contributed by atoms with Crippen LogP contribution in [-0.4, -0.2) is 66.6 Å². The number of anilines is 1. The summed E-state index contributed by atoms with van der Waals surface area (Å²) in [6.45, 7) is 14.7. The van der Waals surface area contributed by atoms with E-state index >= 15 is 0 Å². The van der Waals surface area contributed by atoms with E-state index in [-0.39, 0.29) is 29.7 Å². The third-order valence-corrected chi connectivity index (χ3v) is 9.50. The normalized spacial score (nSPS) is 24.6. The first kappa shape index (κ1) is 35.3. The zero-order chi connectivity index (χ0) is 33.9. The number of nitriles is 1. The molecule has 1 aliphatic carbocycles. The topological polar surface area (TPSA) is 163 Å². The second-order valence-corrected chi connectivity index (χ2v) is 19.2. The van der Waals surface area contributed by atoms with E-state index in [2.05, 4.69) is 28.4 Å². The summed E-state index contributed by atoms with van der Waals surface area (Å²) in [6, 6.07) is 5.70. The average molecular weight is 658 g/mol. The molecule has 2 aliphatic rings. The second kappa shape index (κ2) is 13.7. The molecule has 4 rings (SSSR count). The third-order valence-electron chi connectivity index (χ3n) is 8.53. The van der Waals surface area contributed by atoms with Crippen molar-refractivity contribution in [2.45, 2.75) is 111 Å². The van der Waals surface area contributed by atoms with E-state index in [1.54, 1.807) is 32.9 Å². The number of fused-ring (bicyclic) bond motifs is 1. The Labute approximate surface area is 271 Å². The molecule has 2 fully saturated rings. The Bertz CT molecular complexity index is 1470. The highest BCUT2D eigenvalue weighted by molar-refractivity contribution is 6.69. The van der Waals surface area contributed by atoms with Gasteiger partial charge in [0.15, 0.2) is 14.1 Å². The van der Waals surface area contributed by atoms with Crippen molar-refractivity contribution in [3.05, 3.63) is 24.2 Å². The molecule has 1 aliphatic heterocycles. The van der Waals surface area contributed by atoms with Crippen molar-refractivity contribution in [2.75, 3.05) is 18.7 Å². The highest BCUT2D eigenvalue weighted by atomic mass is 28.4. The van der Waals surface area contributed by atoms with Crippen LogP contribution >= 0.6 is 0 Å². The summed E-state index contributed by atoms with van der Waals surface area (Å²) >= 11 is 0. The lowest BCUT2D eigenvalue weighted by molar-refractivity contribution is -0.161. The van der Waals surface area contributed by atoms with Crippen LogP contribution in [0.3, 0.4) is 0 Å². The molecule has 1 saturated heterocycles. The summed E-state index contributed by atoms with van der Waals surface area (Å²) in [6.07, 6.45) is 4.82. The predicted molar refractivity (Wildman–Crippen MR) is 170 cm³/mol. The van der Waals surface area contributed by atoms with Crippen LogP contribution in [0.1, 0.15) is 78.8 Å². The Balaban J connectivity index is 1.55. The van der Waals surface area contributed by atoms with Crippen LogP contribution in [0.2, 0.25) is 19.6 Å². The van der Waals surface area contributed by atoms with E-state index in [0.717, 1.165) is 25.7 Å². The summed E-state index contributed by atoms with van der Waals surface area (Å²) in [5, 5.41) is 17.7. The lowest BCUT2D eigenvalue weighted by Gasteiger charge is -2.33. The van der Waals surface area contributed by atoms with Crippen LogP contribution in [0.15, 0.2) is 18.5 Å². The zero-order valence-electron chi connectivity index (χ0n) is 28.2. The Morgan fingerprint density at radius 3 is 2.46 bits per heavy atom. The largest absolute Gasteiger partial charge is 0.463 e. The number of hydrogen-bond acceptors (Lipinski definition) is 11. The lowest BCUT2D eigenvalue weighted by atomic mass is 9.73. The highest BCUT2D eigenvalue weighted by Crippen LogP contribution is 2.46. The first-order chi connectivity index (χ1) is 21.5. The number of amides is 1. The van der Waals surface area contributed by atoms with Crippen molar-refractivity contribution in [3.63, 3.8) is 0 Å². The number of esters is 2. The molecule has 2 aromatic rings. The van der Waals surface area contributed by atoms with Gasteiger partial charge >= 0.3 is 18.0 Å². The second-order valence-electron chi connectivity index (χ2n) is 14.7. The zero-order valence-corrected chi connectivity index (χ0v) is 29.2. The maximum absolute atomic E-state index is 12.9. The third kappa shape index (κ3) is 8.05. The van der Waals surface area contributed by atoms with Gasteiger partial charge in [0.05, 0.1) is 29.7 Å². The van der Waals surface area contributed by atoms with E-state index in [0.29, 0.717) is 17.6 Å². The molecule has 14 heteroatoms. The molecule has 252 valence electrons. The van der Waals surface area contributed by atoms with Crippen LogP contribution in [0, 0.1) is 28.1 Å². The van der Waals surface area contributed by atoms with Crippen molar-refractivity contribution in [2.24, 2.45) is 16.7 Å². The van der Waals surface area contributed by atoms with Crippen molar-refractivity contribution in [1.29, 1.82) is 5.26 Å². The Morgan fingerprint density at radius 2 is 1.83 bits per heavy atom. The van der Waals surface area contributed by atoms with Gasteiger partial charge in [0.25, 0.3) is 0 Å². The van der Waals surface area contributed by atoms with Gasteiger partial charge in [-0.15, -0.1) is 0 Å². The van der Waals surface area contributed by atoms with Crippen molar-refractivity contribution >= 4 is 37.7 Å². The molecule has 0 unspecified atom stereocenters. The Morgan fingerprint density at radius 1 is 1.13 bits per heavy atom. The van der Waals surface area contributed by atoms with Gasteiger partial charge in [-0.1, -0.05) is 33.1 Å². The van der Waals surface area contributed by atoms with Gasteiger partial charge in [-0.05, 0) is 70.8 Å². The smallest absolute Gasteiger partial charge is 0.415 e. The van der Waals surface area contributed by atoms with E-state index in [9.17, 15) is 19.6 Å². The first-order valence-corrected chi connectivity index (χ1v) is 19.3. The highest BCUT2D eigenvalue weighted by Gasteiger charge is 2.58. The minimum atomic E-state index is -2.22. The molecule has 13 nitrogen and oxygen atoms in total. The van der Waals surface area contributed by atoms with Gasteiger partial charge in [-0.25, -0.2) is 14.3 Å². The van der Waals surface area contributed by atoms with Crippen LogP contribution in [0.4, 0.5) is 10.6 Å². The van der Waals surface area contributed by atoms with Crippen LogP contribution in [0.25, 0.3) is 5.52 Å². The number of nitrogens with zero attached hydrogens (tertiary/aromatic N) is 4. The van der Waals surface area contributed by atoms with Gasteiger partial charge in [0.1, 0.15) is 24.5 Å². The SMILES string of the molecule is C[C@H]1[C@@H](O[Si](C)(C)C)[C@](C#N)(c2ccc3c(NC(=O)OCOC(=O)C(C)(C)C)ncnn23)O[C@@H]1COC(=O)CC1(C)CCCCC1. The summed E-state index contributed by atoms with van der Waals surface area (Å²) < 4.78 is 30.4. The first-order valence-electron chi connectivity index (χ1n) is 15.8. The number of hydrogen-bond donors (Lipinski definition) is 1. The molecule has 1 N–H and O–H groups in total. The molecule has 0 radical (unpaired) electrons. The number of rotatable bonds is 10. The molecule has 4 atom stereocenters. The predicted octanol–water partition coefficient (Wildman–Crippen LogP) is 5.70. The minimum absolute atomic E-state index is 0.0121. The standard InChI is InChI=1S/C32H47N5O8Si/c1-21-23(17-41-25(38)16-31(5)14-10-9-11-15-31)44-32(18-33,26(21)45-46(6,7)8)24-13-12-22-27(34-19-35-37(22)24)36-29(40)43-20-42-28(39)30(2,3)4/h12-13,19,21,23,26H,9-11,14-17,20H2,1-8H3,(H,34,35,36,40)/t21-,23-,26-,32+/m1/s1. The molecule has 0 aromatic carbocycles. The molecule has 1 saturated carbocycles. The number of carbonyl (C=O) groups excluding carboxylic acids is 3.